The van der Waals surface area contributed by atoms with E-state index in [1.807, 2.05) is 12.1 Å². The summed E-state index contributed by atoms with van der Waals surface area (Å²) < 4.78 is -1.28. The number of fused-ring (bicyclic) bond motifs is 1. The normalized spacial score (nSPS) is 17.9. The molecule has 0 radical (unpaired) electrons. The first kappa shape index (κ1) is 10.9. The van der Waals surface area contributed by atoms with Gasteiger partial charge in [-0.15, -0.1) is 0 Å². The van der Waals surface area contributed by atoms with Crippen LogP contribution >= 0.6 is 34.8 Å². The van der Waals surface area contributed by atoms with Crippen LogP contribution in [-0.2, 0) is 4.79 Å². The van der Waals surface area contributed by atoms with Gasteiger partial charge in [-0.25, -0.2) is 0 Å². The van der Waals surface area contributed by atoms with Gasteiger partial charge in [0.15, 0.2) is 4.33 Å². The van der Waals surface area contributed by atoms with Gasteiger partial charge >= 0.3 is 0 Å². The fourth-order valence-electron chi connectivity index (χ4n) is 1.54. The highest BCUT2D eigenvalue weighted by Gasteiger charge is 2.35. The molecule has 78 valence electrons. The Bertz CT molecular complexity index is 536. The zero-order valence-electron chi connectivity index (χ0n) is 7.51. The van der Waals surface area contributed by atoms with Crippen molar-refractivity contribution in [3.8, 4) is 0 Å². The summed E-state index contributed by atoms with van der Waals surface area (Å²) in [7, 11) is 0. The average Bonchev–Trinajstić information content (AvgIpc) is 2.15. The van der Waals surface area contributed by atoms with Gasteiger partial charge < -0.3 is 0 Å². The molecule has 0 spiro atoms. The maximum absolute atomic E-state index is 11.3. The number of hydrogen-bond donors (Lipinski definition) is 0. The van der Waals surface area contributed by atoms with Crippen molar-refractivity contribution < 1.29 is 4.79 Å². The summed E-state index contributed by atoms with van der Waals surface area (Å²) in [5, 5.41) is 0.639. The highest BCUT2D eigenvalue weighted by molar-refractivity contribution is 6.77. The van der Waals surface area contributed by atoms with Gasteiger partial charge in [-0.1, -0.05) is 35.3 Å². The third-order valence-electron chi connectivity index (χ3n) is 2.22. The molecule has 0 aliphatic heterocycles. The molecular formula is C10H6Cl3NO. The average molecular weight is 263 g/mol. The Morgan fingerprint density at radius 2 is 2.20 bits per heavy atom. The second-order valence-electron chi connectivity index (χ2n) is 3.20. The number of nitrogens with zero attached hydrogens (tertiary/aromatic N) is 1. The number of carbonyl (C=O) groups is 1. The molecule has 0 aromatic carbocycles. The van der Waals surface area contributed by atoms with Gasteiger partial charge in [-0.2, -0.15) is 0 Å². The molecule has 1 aliphatic carbocycles. The van der Waals surface area contributed by atoms with E-state index in [9.17, 15) is 4.79 Å². The highest BCUT2D eigenvalue weighted by atomic mass is 35.5. The van der Waals surface area contributed by atoms with Crippen LogP contribution < -0.4 is 10.6 Å². The van der Waals surface area contributed by atoms with Gasteiger partial charge in [0.1, 0.15) is 0 Å². The Morgan fingerprint density at radius 1 is 1.47 bits per heavy atom. The van der Waals surface area contributed by atoms with Crippen LogP contribution in [0.3, 0.4) is 0 Å². The lowest BCUT2D eigenvalue weighted by atomic mass is 10.0. The second-order valence-corrected chi connectivity index (χ2v) is 5.03. The summed E-state index contributed by atoms with van der Waals surface area (Å²) in [5.74, 6) is 0. The molecule has 0 bridgehead atoms. The molecule has 1 aromatic rings. The molecule has 1 heterocycles. The molecule has 0 fully saturated rings. The summed E-state index contributed by atoms with van der Waals surface area (Å²) in [6.07, 6.45) is 3.76. The summed E-state index contributed by atoms with van der Waals surface area (Å²) in [6.45, 7) is 0. The SMILES string of the molecule is O=C(Cl)C1=c2ncccc2=CCC1(Cl)Cl. The quantitative estimate of drug-likeness (QED) is 0.565. The molecule has 0 N–H and O–H groups in total. The van der Waals surface area contributed by atoms with Crippen molar-refractivity contribution in [2.24, 2.45) is 0 Å². The third-order valence-corrected chi connectivity index (χ3v) is 3.09. The number of alkyl halides is 2. The van der Waals surface area contributed by atoms with Crippen molar-refractivity contribution in [1.82, 2.24) is 4.98 Å². The van der Waals surface area contributed by atoms with E-state index < -0.39 is 9.58 Å². The Kier molecular flexibility index (Phi) is 2.75. The number of halogens is 3. The predicted octanol–water partition coefficient (Wildman–Crippen LogP) is 1.36. The largest absolute Gasteiger partial charge is 0.276 e. The molecule has 2 rings (SSSR count). The van der Waals surface area contributed by atoms with E-state index in [1.165, 1.54) is 0 Å². The van der Waals surface area contributed by atoms with Gasteiger partial charge in [0.05, 0.1) is 10.9 Å². The summed E-state index contributed by atoms with van der Waals surface area (Å²) >= 11 is 17.5. The summed E-state index contributed by atoms with van der Waals surface area (Å²) in [6, 6.07) is 3.62. The lowest BCUT2D eigenvalue weighted by molar-refractivity contribution is -0.107. The molecule has 2 nitrogen and oxygen atoms in total. The maximum atomic E-state index is 11.3. The molecule has 0 saturated heterocycles. The summed E-state index contributed by atoms with van der Waals surface area (Å²) in [5.41, 5.74) is 0.158. The number of carbonyl (C=O) groups excluding carboxylic acids is 1. The Morgan fingerprint density at radius 3 is 2.87 bits per heavy atom. The minimum atomic E-state index is -1.28. The van der Waals surface area contributed by atoms with Gasteiger partial charge in [-0.3, -0.25) is 9.78 Å². The van der Waals surface area contributed by atoms with E-state index in [0.29, 0.717) is 11.8 Å². The lowest BCUT2D eigenvalue weighted by Gasteiger charge is -2.21. The van der Waals surface area contributed by atoms with Crippen molar-refractivity contribution in [3.05, 3.63) is 28.9 Å². The topological polar surface area (TPSA) is 30.0 Å². The van der Waals surface area contributed by atoms with Crippen molar-refractivity contribution in [1.29, 1.82) is 0 Å². The lowest BCUT2D eigenvalue weighted by Crippen LogP contribution is -2.41. The van der Waals surface area contributed by atoms with Crippen LogP contribution in [0.25, 0.3) is 11.6 Å². The fourth-order valence-corrected chi connectivity index (χ4v) is 2.39. The van der Waals surface area contributed by atoms with E-state index in [2.05, 4.69) is 4.98 Å². The molecule has 5 heteroatoms. The molecule has 15 heavy (non-hydrogen) atoms. The van der Waals surface area contributed by atoms with Crippen LogP contribution in [0.5, 0.6) is 0 Å². The van der Waals surface area contributed by atoms with E-state index >= 15 is 0 Å². The second kappa shape index (κ2) is 3.78. The smallest absolute Gasteiger partial charge is 0.253 e. The van der Waals surface area contributed by atoms with Gasteiger partial charge in [0.2, 0.25) is 0 Å². The van der Waals surface area contributed by atoms with Gasteiger partial charge in [0.25, 0.3) is 5.24 Å². The van der Waals surface area contributed by atoms with Crippen LogP contribution in [0.2, 0.25) is 0 Å². The highest BCUT2D eigenvalue weighted by Crippen LogP contribution is 2.36. The summed E-state index contributed by atoms with van der Waals surface area (Å²) in [4.78, 5) is 15.4. The monoisotopic (exact) mass is 261 g/mol. The van der Waals surface area contributed by atoms with Crippen molar-refractivity contribution in [2.75, 3.05) is 0 Å². The molecule has 0 saturated carbocycles. The molecule has 1 aromatic heterocycles. The molecule has 0 atom stereocenters. The zero-order valence-corrected chi connectivity index (χ0v) is 9.77. The van der Waals surface area contributed by atoms with Crippen LogP contribution in [0.15, 0.2) is 18.3 Å². The van der Waals surface area contributed by atoms with Crippen molar-refractivity contribution in [3.63, 3.8) is 0 Å². The fraction of sp³-hybridized carbons (Fsp3) is 0.200. The first-order chi connectivity index (χ1) is 7.02. The number of rotatable bonds is 1. The van der Waals surface area contributed by atoms with Crippen LogP contribution in [0.1, 0.15) is 6.42 Å². The number of pyridine rings is 1. The predicted molar refractivity (Wildman–Crippen MR) is 61.3 cm³/mol. The number of aromatic nitrogens is 1. The minimum absolute atomic E-state index is 0.158. The minimum Gasteiger partial charge on any atom is -0.276 e. The molecule has 1 aliphatic rings. The third kappa shape index (κ3) is 1.89. The zero-order chi connectivity index (χ0) is 11.1. The molecule has 0 amide bonds. The first-order valence-corrected chi connectivity index (χ1v) is 5.39. The van der Waals surface area contributed by atoms with E-state index in [4.69, 9.17) is 34.8 Å². The standard InChI is InChI=1S/C10H6Cl3NO/c11-9(15)7-8-6(2-1-5-14-8)3-4-10(7,12)13/h1-3,5H,4H2. The van der Waals surface area contributed by atoms with Crippen LogP contribution in [-0.4, -0.2) is 14.6 Å². The maximum Gasteiger partial charge on any atom is 0.253 e. The Hall–Kier alpha value is -0.570. The van der Waals surface area contributed by atoms with E-state index in [1.54, 1.807) is 12.3 Å². The van der Waals surface area contributed by atoms with E-state index in [0.717, 1.165) is 5.22 Å². The Labute approximate surface area is 101 Å². The van der Waals surface area contributed by atoms with Gasteiger partial charge in [0, 0.05) is 12.6 Å². The Balaban J connectivity index is 2.90. The molecular weight excluding hydrogens is 256 g/mol. The van der Waals surface area contributed by atoms with E-state index in [-0.39, 0.29) is 5.57 Å². The van der Waals surface area contributed by atoms with Crippen LogP contribution in [0.4, 0.5) is 0 Å². The molecule has 0 unspecified atom stereocenters. The van der Waals surface area contributed by atoms with Crippen molar-refractivity contribution in [2.45, 2.75) is 10.8 Å². The van der Waals surface area contributed by atoms with Gasteiger partial charge in [-0.05, 0) is 22.9 Å². The first-order valence-electron chi connectivity index (χ1n) is 4.26. The van der Waals surface area contributed by atoms with Crippen LogP contribution in [0, 0.1) is 0 Å². The van der Waals surface area contributed by atoms with Crippen molar-refractivity contribution >= 4 is 51.7 Å². The number of hydrogen-bond acceptors (Lipinski definition) is 2.